The summed E-state index contributed by atoms with van der Waals surface area (Å²) in [5.74, 6) is 1.00. The van der Waals surface area contributed by atoms with E-state index >= 15 is 0 Å². The van der Waals surface area contributed by atoms with Crippen molar-refractivity contribution in [1.82, 2.24) is 20.2 Å². The van der Waals surface area contributed by atoms with Gasteiger partial charge in [-0.3, -0.25) is 0 Å². The minimum absolute atomic E-state index is 0.0891. The molecule has 3 heterocycles. The van der Waals surface area contributed by atoms with Crippen LogP contribution in [0, 0.1) is 0 Å². The van der Waals surface area contributed by atoms with E-state index in [2.05, 4.69) is 88.8 Å². The predicted octanol–water partition coefficient (Wildman–Crippen LogP) is 0.953. The molecule has 1 aliphatic rings. The van der Waals surface area contributed by atoms with Crippen LogP contribution in [-0.2, 0) is 12.1 Å². The summed E-state index contributed by atoms with van der Waals surface area (Å²) in [6, 6.07) is 15.4. The first-order valence-electron chi connectivity index (χ1n) is 10.6. The fraction of sp³-hybridized carbons (Fsp3) is 0.500. The molecular weight excluding hydrogens is 380 g/mol. The van der Waals surface area contributed by atoms with Gasteiger partial charge in [0.05, 0.1) is 10.4 Å². The minimum Gasteiger partial charge on any atom is -0.322 e. The van der Waals surface area contributed by atoms with Crippen LogP contribution < -0.4 is 9.80 Å². The second-order valence-corrected chi connectivity index (χ2v) is 9.61. The molecule has 0 bridgehead atoms. The summed E-state index contributed by atoms with van der Waals surface area (Å²) in [5, 5.41) is 15.2. The van der Waals surface area contributed by atoms with Crippen molar-refractivity contribution < 1.29 is 9.80 Å². The van der Waals surface area contributed by atoms with Crippen LogP contribution in [0.2, 0.25) is 0 Å². The number of tetrazole rings is 1. The number of nitrogens with zero attached hydrogens (tertiary/aromatic N) is 4. The van der Waals surface area contributed by atoms with Crippen LogP contribution in [0.1, 0.15) is 49.5 Å². The molecule has 3 aromatic rings. The van der Waals surface area contributed by atoms with Gasteiger partial charge in [-0.05, 0) is 42.1 Å². The Kier molecular flexibility index (Phi) is 6.08. The first kappa shape index (κ1) is 20.2. The molecule has 0 amide bonds. The van der Waals surface area contributed by atoms with Gasteiger partial charge in [0.15, 0.2) is 6.04 Å². The molecule has 1 atom stereocenters. The van der Waals surface area contributed by atoms with Crippen molar-refractivity contribution in [2.45, 2.75) is 45.3 Å². The monoisotopic (exact) mass is 412 g/mol. The van der Waals surface area contributed by atoms with E-state index < -0.39 is 0 Å². The number of nitrogens with one attached hydrogen (secondary N) is 2. The third kappa shape index (κ3) is 4.42. The van der Waals surface area contributed by atoms with E-state index in [1.807, 2.05) is 11.3 Å². The molecule has 4 rings (SSSR count). The highest BCUT2D eigenvalue weighted by Gasteiger charge is 2.38. The molecule has 154 valence electrons. The van der Waals surface area contributed by atoms with Crippen LogP contribution in [0.5, 0.6) is 0 Å². The lowest BCUT2D eigenvalue weighted by Gasteiger charge is -2.35. The van der Waals surface area contributed by atoms with E-state index in [1.54, 1.807) is 9.80 Å². The van der Waals surface area contributed by atoms with E-state index in [0.717, 1.165) is 31.9 Å². The van der Waals surface area contributed by atoms with Crippen LogP contribution >= 0.6 is 11.3 Å². The van der Waals surface area contributed by atoms with Crippen molar-refractivity contribution in [3.05, 3.63) is 64.1 Å². The van der Waals surface area contributed by atoms with Gasteiger partial charge in [0, 0.05) is 5.56 Å². The van der Waals surface area contributed by atoms with Crippen LogP contribution in [0.25, 0.3) is 0 Å². The van der Waals surface area contributed by atoms with Crippen molar-refractivity contribution in [2.75, 3.05) is 26.2 Å². The highest BCUT2D eigenvalue weighted by atomic mass is 32.1. The number of hydrogen-bond acceptors (Lipinski definition) is 4. The van der Waals surface area contributed by atoms with E-state index in [4.69, 9.17) is 0 Å². The molecule has 0 aliphatic carbocycles. The van der Waals surface area contributed by atoms with Gasteiger partial charge < -0.3 is 9.80 Å². The predicted molar refractivity (Wildman–Crippen MR) is 115 cm³/mol. The SMILES string of the molecule is CCC(C)(C)n1nnnc1[C@@H](c1cccs1)[NH+]1CC[NH+](Cc2ccccc2)CC1. The number of rotatable bonds is 7. The lowest BCUT2D eigenvalue weighted by molar-refractivity contribution is -1.03. The Labute approximate surface area is 177 Å². The normalized spacial score (nSPS) is 21.2. The second-order valence-electron chi connectivity index (χ2n) is 8.63. The van der Waals surface area contributed by atoms with Crippen LogP contribution in [0.3, 0.4) is 0 Å². The van der Waals surface area contributed by atoms with Crippen molar-refractivity contribution >= 4 is 11.3 Å². The molecule has 1 saturated heterocycles. The lowest BCUT2D eigenvalue weighted by Crippen LogP contribution is -3.27. The van der Waals surface area contributed by atoms with Crippen molar-refractivity contribution in [1.29, 1.82) is 0 Å². The summed E-state index contributed by atoms with van der Waals surface area (Å²) in [5.41, 5.74) is 1.34. The summed E-state index contributed by atoms with van der Waals surface area (Å²) in [6.07, 6.45) is 0.993. The first-order valence-corrected chi connectivity index (χ1v) is 11.5. The quantitative estimate of drug-likeness (QED) is 0.608. The lowest BCUT2D eigenvalue weighted by atomic mass is 10.0. The maximum absolute atomic E-state index is 4.53. The maximum Gasteiger partial charge on any atom is 0.215 e. The van der Waals surface area contributed by atoms with Gasteiger partial charge >= 0.3 is 0 Å². The van der Waals surface area contributed by atoms with Crippen LogP contribution in [0.15, 0.2) is 47.8 Å². The number of benzene rings is 1. The summed E-state index contributed by atoms with van der Waals surface area (Å²) in [6.45, 7) is 12.3. The maximum atomic E-state index is 4.53. The Morgan fingerprint density at radius 1 is 1.07 bits per heavy atom. The van der Waals surface area contributed by atoms with Crippen LogP contribution in [-0.4, -0.2) is 46.4 Å². The minimum atomic E-state index is -0.0891. The third-order valence-electron chi connectivity index (χ3n) is 6.32. The van der Waals surface area contributed by atoms with E-state index in [9.17, 15) is 0 Å². The number of aromatic nitrogens is 4. The van der Waals surface area contributed by atoms with Crippen molar-refractivity contribution in [3.8, 4) is 0 Å². The number of hydrogen-bond donors (Lipinski definition) is 2. The zero-order valence-electron chi connectivity index (χ0n) is 17.6. The van der Waals surface area contributed by atoms with Gasteiger partial charge in [0.25, 0.3) is 0 Å². The second kappa shape index (κ2) is 8.73. The standard InChI is InChI=1S/C22H30N6S/c1-4-22(2,3)28-21(23-24-25-28)20(19-11-8-16-29-19)27-14-12-26(13-15-27)17-18-9-6-5-7-10-18/h5-11,16,20H,4,12-15,17H2,1-3H3/p+2/t20-/m1/s1. The Hall–Kier alpha value is -2.09. The molecule has 6 nitrogen and oxygen atoms in total. The molecular formula is C22H32N6S+2. The summed E-state index contributed by atoms with van der Waals surface area (Å²) < 4.78 is 2.06. The van der Waals surface area contributed by atoms with E-state index in [-0.39, 0.29) is 11.6 Å². The van der Waals surface area contributed by atoms with Crippen molar-refractivity contribution in [2.24, 2.45) is 0 Å². The van der Waals surface area contributed by atoms with Gasteiger partial charge in [0.1, 0.15) is 32.7 Å². The van der Waals surface area contributed by atoms with E-state index in [1.165, 1.54) is 23.5 Å². The molecule has 1 fully saturated rings. The number of piperazine rings is 1. The Bertz CT molecular complexity index is 881. The highest BCUT2D eigenvalue weighted by Crippen LogP contribution is 2.26. The molecule has 1 aromatic carbocycles. The van der Waals surface area contributed by atoms with E-state index in [0.29, 0.717) is 0 Å². The average Bonchev–Trinajstić information content (AvgIpc) is 3.43. The van der Waals surface area contributed by atoms with Gasteiger partial charge in [-0.15, -0.1) is 16.4 Å². The molecule has 2 aromatic heterocycles. The molecule has 0 saturated carbocycles. The molecule has 29 heavy (non-hydrogen) atoms. The smallest absolute Gasteiger partial charge is 0.215 e. The van der Waals surface area contributed by atoms with Gasteiger partial charge in [-0.25, -0.2) is 4.68 Å². The summed E-state index contributed by atoms with van der Waals surface area (Å²) >= 11 is 1.82. The number of quaternary nitrogens is 2. The highest BCUT2D eigenvalue weighted by molar-refractivity contribution is 7.10. The third-order valence-corrected chi connectivity index (χ3v) is 7.26. The molecule has 0 radical (unpaired) electrons. The fourth-order valence-corrected chi connectivity index (χ4v) is 5.08. The zero-order chi connectivity index (χ0) is 20.3. The van der Waals surface area contributed by atoms with Crippen molar-refractivity contribution in [3.63, 3.8) is 0 Å². The average molecular weight is 413 g/mol. The molecule has 7 heteroatoms. The first-order chi connectivity index (χ1) is 14.1. The Morgan fingerprint density at radius 2 is 1.83 bits per heavy atom. The van der Waals surface area contributed by atoms with Crippen LogP contribution in [0.4, 0.5) is 0 Å². The van der Waals surface area contributed by atoms with Gasteiger partial charge in [-0.2, -0.15) is 0 Å². The Morgan fingerprint density at radius 3 is 2.48 bits per heavy atom. The summed E-state index contributed by atoms with van der Waals surface area (Å²) in [4.78, 5) is 4.60. The van der Waals surface area contributed by atoms with Gasteiger partial charge in [-0.1, -0.05) is 43.3 Å². The molecule has 0 unspecified atom stereocenters. The number of thiophene rings is 1. The largest absolute Gasteiger partial charge is 0.322 e. The Balaban J connectivity index is 1.54. The molecule has 2 N–H and O–H groups in total. The zero-order valence-corrected chi connectivity index (χ0v) is 18.5. The topological polar surface area (TPSA) is 52.5 Å². The fourth-order valence-electron chi connectivity index (χ4n) is 4.20. The summed E-state index contributed by atoms with van der Waals surface area (Å²) in [7, 11) is 0. The van der Waals surface area contributed by atoms with Gasteiger partial charge in [0.2, 0.25) is 5.82 Å². The molecule has 1 aliphatic heterocycles. The molecule has 0 spiro atoms.